The molecule has 1 amide bonds. The van der Waals surface area contributed by atoms with Crippen LogP contribution < -0.4 is 10.5 Å². The maximum absolute atomic E-state index is 12.8. The highest BCUT2D eigenvalue weighted by Gasteiger charge is 2.19. The van der Waals surface area contributed by atoms with E-state index >= 15 is 0 Å². The summed E-state index contributed by atoms with van der Waals surface area (Å²) in [7, 11) is 1.33. The zero-order chi connectivity index (χ0) is 22.7. The maximum atomic E-state index is 12.8. The highest BCUT2D eigenvalue weighted by atomic mass is 35.5. The average molecular weight is 441 g/mol. The zero-order valence-corrected chi connectivity index (χ0v) is 18.0. The van der Waals surface area contributed by atoms with Crippen LogP contribution in [0.4, 0.5) is 0 Å². The minimum absolute atomic E-state index is 0.108. The van der Waals surface area contributed by atoms with Crippen LogP contribution in [0.2, 0.25) is 5.02 Å². The number of primary amides is 1. The number of benzene rings is 2. The van der Waals surface area contributed by atoms with Crippen LogP contribution in [0.25, 0.3) is 5.69 Å². The molecule has 31 heavy (non-hydrogen) atoms. The highest BCUT2D eigenvalue weighted by molar-refractivity contribution is 6.31. The van der Waals surface area contributed by atoms with Crippen molar-refractivity contribution in [3.05, 3.63) is 81.6 Å². The van der Waals surface area contributed by atoms with E-state index in [2.05, 4.69) is 0 Å². The summed E-state index contributed by atoms with van der Waals surface area (Å²) in [5.41, 5.74) is 8.76. The first-order chi connectivity index (χ1) is 14.7. The lowest BCUT2D eigenvalue weighted by atomic mass is 10.1. The largest absolute Gasteiger partial charge is 0.485 e. The Kier molecular flexibility index (Phi) is 6.46. The van der Waals surface area contributed by atoms with Gasteiger partial charge in [-0.25, -0.2) is 4.79 Å². The number of hydrogen-bond acceptors (Lipinski definition) is 5. The Morgan fingerprint density at radius 2 is 1.68 bits per heavy atom. The highest BCUT2D eigenvalue weighted by Crippen LogP contribution is 2.25. The van der Waals surface area contributed by atoms with E-state index in [0.29, 0.717) is 16.1 Å². The standard InChI is InChI=1S/C23H21ClN2O5/c1-13-10-18(14(2)26(13)17-7-4-15(5-8-17)23(29)30-3)20(27)12-31-21-9-6-16(24)11-19(21)22(25)28/h4-11H,12H2,1-3H3,(H2,25,28). The second kappa shape index (κ2) is 9.06. The number of nitrogens with zero attached hydrogens (tertiary/aromatic N) is 1. The Morgan fingerprint density at radius 3 is 2.29 bits per heavy atom. The SMILES string of the molecule is COC(=O)c1ccc(-n2c(C)cc(C(=O)COc3ccc(Cl)cc3C(N)=O)c2C)cc1. The first-order valence-corrected chi connectivity index (χ1v) is 9.73. The Bertz CT molecular complexity index is 1170. The normalized spacial score (nSPS) is 10.6. The van der Waals surface area contributed by atoms with Crippen molar-refractivity contribution in [2.75, 3.05) is 13.7 Å². The van der Waals surface area contributed by atoms with Crippen LogP contribution in [-0.2, 0) is 4.74 Å². The van der Waals surface area contributed by atoms with E-state index < -0.39 is 11.9 Å². The molecule has 7 nitrogen and oxygen atoms in total. The lowest BCUT2D eigenvalue weighted by molar-refractivity contribution is 0.0600. The fourth-order valence-electron chi connectivity index (χ4n) is 3.35. The minimum Gasteiger partial charge on any atom is -0.485 e. The van der Waals surface area contributed by atoms with Gasteiger partial charge in [-0.2, -0.15) is 0 Å². The van der Waals surface area contributed by atoms with E-state index in [0.717, 1.165) is 17.1 Å². The topological polar surface area (TPSA) is 101 Å². The molecule has 3 rings (SSSR count). The summed E-state index contributed by atoms with van der Waals surface area (Å²) in [6.45, 7) is 3.43. The number of carbonyl (C=O) groups is 3. The predicted molar refractivity (Wildman–Crippen MR) is 116 cm³/mol. The van der Waals surface area contributed by atoms with Gasteiger partial charge in [-0.3, -0.25) is 9.59 Å². The van der Waals surface area contributed by atoms with Crippen LogP contribution in [0.15, 0.2) is 48.5 Å². The van der Waals surface area contributed by atoms with Crippen molar-refractivity contribution in [3.8, 4) is 11.4 Å². The molecule has 0 fully saturated rings. The number of amides is 1. The van der Waals surface area contributed by atoms with Crippen molar-refractivity contribution < 1.29 is 23.9 Å². The minimum atomic E-state index is -0.696. The van der Waals surface area contributed by atoms with E-state index in [9.17, 15) is 14.4 Å². The van der Waals surface area contributed by atoms with E-state index in [1.54, 1.807) is 36.4 Å². The number of nitrogens with two attached hydrogens (primary N) is 1. The number of hydrogen-bond donors (Lipinski definition) is 1. The third-order valence-corrected chi connectivity index (χ3v) is 5.08. The molecule has 0 atom stereocenters. The number of ketones is 1. The summed E-state index contributed by atoms with van der Waals surface area (Å²) in [4.78, 5) is 36.1. The molecule has 0 saturated heterocycles. The summed E-state index contributed by atoms with van der Waals surface area (Å²) in [5, 5.41) is 0.342. The van der Waals surface area contributed by atoms with Crippen molar-refractivity contribution in [3.63, 3.8) is 0 Å². The van der Waals surface area contributed by atoms with Gasteiger partial charge < -0.3 is 19.8 Å². The maximum Gasteiger partial charge on any atom is 0.337 e. The number of aromatic nitrogens is 1. The molecule has 0 aliphatic heterocycles. The molecule has 3 aromatic rings. The predicted octanol–water partition coefficient (Wildman–Crippen LogP) is 3.89. The van der Waals surface area contributed by atoms with Gasteiger partial charge in [-0.1, -0.05) is 11.6 Å². The number of esters is 1. The van der Waals surface area contributed by atoms with Crippen LogP contribution in [0, 0.1) is 13.8 Å². The molecule has 1 aromatic heterocycles. The number of ether oxygens (including phenoxy) is 2. The molecule has 8 heteroatoms. The van der Waals surface area contributed by atoms with Crippen LogP contribution in [-0.4, -0.2) is 35.9 Å². The van der Waals surface area contributed by atoms with Gasteiger partial charge in [0.05, 0.1) is 18.2 Å². The van der Waals surface area contributed by atoms with Gasteiger partial charge in [0.2, 0.25) is 5.78 Å². The molecular weight excluding hydrogens is 420 g/mol. The molecule has 0 aliphatic carbocycles. The molecule has 160 valence electrons. The molecule has 2 N–H and O–H groups in total. The van der Waals surface area contributed by atoms with Gasteiger partial charge in [0, 0.05) is 27.7 Å². The molecule has 1 heterocycles. The van der Waals surface area contributed by atoms with E-state index in [-0.39, 0.29) is 23.7 Å². The van der Waals surface area contributed by atoms with E-state index in [1.807, 2.05) is 18.4 Å². The number of aryl methyl sites for hydroxylation is 1. The summed E-state index contributed by atoms with van der Waals surface area (Å²) < 4.78 is 12.2. The number of rotatable bonds is 7. The molecule has 0 radical (unpaired) electrons. The first-order valence-electron chi connectivity index (χ1n) is 9.36. The summed E-state index contributed by atoms with van der Waals surface area (Å²) >= 11 is 5.90. The molecule has 2 aromatic carbocycles. The van der Waals surface area contributed by atoms with E-state index in [1.165, 1.54) is 19.2 Å². The van der Waals surface area contributed by atoms with Crippen molar-refractivity contribution in [2.24, 2.45) is 5.73 Å². The van der Waals surface area contributed by atoms with Gasteiger partial charge in [0.1, 0.15) is 5.75 Å². The summed E-state index contributed by atoms with van der Waals surface area (Å²) in [6, 6.07) is 13.1. The molecular formula is C23H21ClN2O5. The number of carbonyl (C=O) groups excluding carboxylic acids is 3. The van der Waals surface area contributed by atoms with Crippen molar-refractivity contribution in [1.29, 1.82) is 0 Å². The fraction of sp³-hybridized carbons (Fsp3) is 0.174. The molecule has 0 unspecified atom stereocenters. The Hall–Kier alpha value is -3.58. The van der Waals surface area contributed by atoms with Crippen LogP contribution >= 0.6 is 11.6 Å². The Balaban J connectivity index is 1.83. The second-order valence-corrected chi connectivity index (χ2v) is 7.31. The molecule has 0 saturated carbocycles. The number of Topliss-reactive ketones (excluding diaryl/α,β-unsaturated/α-hetero) is 1. The van der Waals surface area contributed by atoms with Crippen molar-refractivity contribution in [1.82, 2.24) is 4.57 Å². The average Bonchev–Trinajstić information content (AvgIpc) is 3.06. The third-order valence-electron chi connectivity index (χ3n) is 4.84. The first kappa shape index (κ1) is 22.1. The smallest absolute Gasteiger partial charge is 0.337 e. The van der Waals surface area contributed by atoms with Gasteiger partial charge in [-0.15, -0.1) is 0 Å². The van der Waals surface area contributed by atoms with Crippen molar-refractivity contribution >= 4 is 29.3 Å². The summed E-state index contributed by atoms with van der Waals surface area (Å²) in [5.74, 6) is -1.18. The Labute approximate surface area is 184 Å². The summed E-state index contributed by atoms with van der Waals surface area (Å²) in [6.07, 6.45) is 0. The van der Waals surface area contributed by atoms with E-state index in [4.69, 9.17) is 26.8 Å². The lowest BCUT2D eigenvalue weighted by Gasteiger charge is -2.11. The Morgan fingerprint density at radius 1 is 1.00 bits per heavy atom. The third kappa shape index (κ3) is 4.62. The molecule has 0 bridgehead atoms. The van der Waals surface area contributed by atoms with Crippen LogP contribution in [0.3, 0.4) is 0 Å². The quantitative estimate of drug-likeness (QED) is 0.443. The second-order valence-electron chi connectivity index (χ2n) is 6.88. The van der Waals surface area contributed by atoms with Crippen molar-refractivity contribution in [2.45, 2.75) is 13.8 Å². The monoisotopic (exact) mass is 440 g/mol. The molecule has 0 spiro atoms. The van der Waals surface area contributed by atoms with Crippen LogP contribution in [0.1, 0.15) is 42.5 Å². The zero-order valence-electron chi connectivity index (χ0n) is 17.3. The molecule has 0 aliphatic rings. The number of methoxy groups -OCH3 is 1. The van der Waals surface area contributed by atoms with Gasteiger partial charge >= 0.3 is 5.97 Å². The fourth-order valence-corrected chi connectivity index (χ4v) is 3.52. The van der Waals surface area contributed by atoms with Gasteiger partial charge in [-0.05, 0) is 62.4 Å². The number of halogens is 1. The van der Waals surface area contributed by atoms with Gasteiger partial charge in [0.25, 0.3) is 5.91 Å². The van der Waals surface area contributed by atoms with Crippen LogP contribution in [0.5, 0.6) is 5.75 Å². The lowest BCUT2D eigenvalue weighted by Crippen LogP contribution is -2.17. The van der Waals surface area contributed by atoms with Gasteiger partial charge in [0.15, 0.2) is 6.61 Å².